The van der Waals surface area contributed by atoms with Gasteiger partial charge in [0.25, 0.3) is 0 Å². The summed E-state index contributed by atoms with van der Waals surface area (Å²) in [5.74, 6) is 0.992. The average Bonchev–Trinajstić information content (AvgIpc) is 2.76. The van der Waals surface area contributed by atoms with E-state index in [1.54, 1.807) is 0 Å². The lowest BCUT2D eigenvalue weighted by Crippen LogP contribution is -2.14. The molecule has 0 amide bonds. The number of hydrogen-bond acceptors (Lipinski definition) is 1. The first kappa shape index (κ1) is 16.4. The van der Waals surface area contributed by atoms with Gasteiger partial charge >= 0.3 is 0 Å². The highest BCUT2D eigenvalue weighted by molar-refractivity contribution is 6.31. The molecule has 1 aromatic heterocycles. The summed E-state index contributed by atoms with van der Waals surface area (Å²) in [6.45, 7) is 6.98. The van der Waals surface area contributed by atoms with Gasteiger partial charge < -0.3 is 0 Å². The molecular weight excluding hydrogens is 303 g/mol. The van der Waals surface area contributed by atoms with Gasteiger partial charge in [0.05, 0.1) is 16.4 Å². The smallest absolute Gasteiger partial charge is 0.0847 e. The number of aromatic nitrogens is 2. The van der Waals surface area contributed by atoms with Crippen LogP contribution >= 0.6 is 23.2 Å². The zero-order valence-corrected chi connectivity index (χ0v) is 14.4. The fourth-order valence-electron chi connectivity index (χ4n) is 2.58. The molecule has 4 heteroatoms. The van der Waals surface area contributed by atoms with Crippen molar-refractivity contribution in [1.82, 2.24) is 9.78 Å². The van der Waals surface area contributed by atoms with Crippen LogP contribution in [0.3, 0.4) is 0 Å². The quantitative estimate of drug-likeness (QED) is 0.697. The van der Waals surface area contributed by atoms with E-state index >= 15 is 0 Å². The van der Waals surface area contributed by atoms with E-state index in [-0.39, 0.29) is 0 Å². The summed E-state index contributed by atoms with van der Waals surface area (Å²) in [6, 6.07) is 8.65. The Morgan fingerprint density at radius 3 is 2.38 bits per heavy atom. The van der Waals surface area contributed by atoms with E-state index < -0.39 is 0 Å². The third-order valence-corrected chi connectivity index (χ3v) is 4.73. The molecule has 1 unspecified atom stereocenters. The fraction of sp³-hybridized carbons (Fsp3) is 0.471. The number of halogens is 2. The van der Waals surface area contributed by atoms with Crippen LogP contribution in [0.2, 0.25) is 5.02 Å². The normalized spacial score (nSPS) is 12.6. The summed E-state index contributed by atoms with van der Waals surface area (Å²) in [5.41, 5.74) is 4.61. The van der Waals surface area contributed by atoms with E-state index in [0.717, 1.165) is 35.8 Å². The second-order valence-electron chi connectivity index (χ2n) is 5.58. The van der Waals surface area contributed by atoms with Gasteiger partial charge in [-0.2, -0.15) is 5.10 Å². The Labute approximate surface area is 137 Å². The van der Waals surface area contributed by atoms with Gasteiger partial charge in [-0.1, -0.05) is 41.4 Å². The van der Waals surface area contributed by atoms with E-state index in [0.29, 0.717) is 11.8 Å². The number of benzene rings is 1. The molecule has 114 valence electrons. The third-order valence-electron chi connectivity index (χ3n) is 3.80. The maximum Gasteiger partial charge on any atom is 0.0847 e. The minimum atomic E-state index is 0.369. The van der Waals surface area contributed by atoms with Gasteiger partial charge in [0.15, 0.2) is 0 Å². The molecule has 0 bridgehead atoms. The highest BCUT2D eigenvalue weighted by atomic mass is 35.5. The molecule has 0 aliphatic carbocycles. The van der Waals surface area contributed by atoms with Crippen LogP contribution in [0.5, 0.6) is 0 Å². The Balaban J connectivity index is 2.14. The fourth-order valence-corrected chi connectivity index (χ4v) is 3.01. The van der Waals surface area contributed by atoms with Crippen LogP contribution in [0.25, 0.3) is 0 Å². The second kappa shape index (κ2) is 7.33. The Morgan fingerprint density at radius 2 is 1.81 bits per heavy atom. The highest BCUT2D eigenvalue weighted by Gasteiger charge is 2.18. The van der Waals surface area contributed by atoms with Crippen LogP contribution in [0.1, 0.15) is 29.4 Å². The minimum Gasteiger partial charge on any atom is -0.268 e. The van der Waals surface area contributed by atoms with Crippen molar-refractivity contribution < 1.29 is 0 Å². The summed E-state index contributed by atoms with van der Waals surface area (Å²) in [7, 11) is 0. The molecule has 2 rings (SSSR count). The zero-order chi connectivity index (χ0) is 15.4. The topological polar surface area (TPSA) is 17.8 Å². The number of alkyl halides is 1. The molecule has 0 spiro atoms. The summed E-state index contributed by atoms with van der Waals surface area (Å²) in [4.78, 5) is 0. The van der Waals surface area contributed by atoms with Gasteiger partial charge in [-0.05, 0) is 45.1 Å². The van der Waals surface area contributed by atoms with Gasteiger partial charge in [-0.25, -0.2) is 0 Å². The Bertz CT molecular complexity index is 588. The maximum atomic E-state index is 6.39. The van der Waals surface area contributed by atoms with E-state index in [1.807, 2.05) is 11.6 Å². The van der Waals surface area contributed by atoms with Crippen molar-refractivity contribution in [2.45, 2.75) is 40.2 Å². The molecule has 0 aliphatic heterocycles. The largest absolute Gasteiger partial charge is 0.268 e. The van der Waals surface area contributed by atoms with Crippen molar-refractivity contribution in [3.8, 4) is 0 Å². The van der Waals surface area contributed by atoms with Crippen molar-refractivity contribution in [2.24, 2.45) is 5.92 Å². The zero-order valence-electron chi connectivity index (χ0n) is 12.9. The Morgan fingerprint density at radius 1 is 1.14 bits per heavy atom. The number of nitrogens with zero attached hydrogens (tertiary/aromatic N) is 2. The SMILES string of the molecule is CCn1nc(C)c(Cl)c1CC(CCl)Cc1ccc(C)cc1. The molecule has 2 aromatic rings. The van der Waals surface area contributed by atoms with Crippen LogP contribution in [-0.4, -0.2) is 15.7 Å². The van der Waals surface area contributed by atoms with E-state index in [1.165, 1.54) is 11.1 Å². The lowest BCUT2D eigenvalue weighted by Gasteiger charge is -2.15. The highest BCUT2D eigenvalue weighted by Crippen LogP contribution is 2.25. The van der Waals surface area contributed by atoms with Crippen molar-refractivity contribution in [3.63, 3.8) is 0 Å². The molecule has 1 heterocycles. The Kier molecular flexibility index (Phi) is 5.72. The van der Waals surface area contributed by atoms with Gasteiger partial charge in [0.2, 0.25) is 0 Å². The molecule has 0 N–H and O–H groups in total. The van der Waals surface area contributed by atoms with Gasteiger partial charge in [-0.15, -0.1) is 11.6 Å². The van der Waals surface area contributed by atoms with Crippen LogP contribution in [-0.2, 0) is 19.4 Å². The molecule has 0 radical (unpaired) electrons. The maximum absolute atomic E-state index is 6.39. The summed E-state index contributed by atoms with van der Waals surface area (Å²) >= 11 is 12.6. The minimum absolute atomic E-state index is 0.369. The van der Waals surface area contributed by atoms with Crippen LogP contribution in [0.15, 0.2) is 24.3 Å². The monoisotopic (exact) mass is 324 g/mol. The third kappa shape index (κ3) is 4.02. The van der Waals surface area contributed by atoms with E-state index in [9.17, 15) is 0 Å². The van der Waals surface area contributed by atoms with E-state index in [2.05, 4.69) is 43.2 Å². The van der Waals surface area contributed by atoms with Crippen molar-refractivity contribution in [3.05, 3.63) is 51.8 Å². The van der Waals surface area contributed by atoms with Crippen LogP contribution in [0, 0.1) is 19.8 Å². The lowest BCUT2D eigenvalue weighted by molar-refractivity contribution is 0.532. The summed E-state index contributed by atoms with van der Waals surface area (Å²) in [5, 5.41) is 5.26. The standard InChI is InChI=1S/C17H22Cl2N2/c1-4-21-16(17(19)13(3)20-21)10-15(11-18)9-14-7-5-12(2)6-8-14/h5-8,15H,4,9-11H2,1-3H3. The molecular formula is C17H22Cl2N2. The van der Waals surface area contributed by atoms with Crippen molar-refractivity contribution in [2.75, 3.05) is 5.88 Å². The predicted octanol–water partition coefficient (Wildman–Crippen LogP) is 4.81. The molecule has 0 saturated carbocycles. The summed E-state index contributed by atoms with van der Waals surface area (Å²) in [6.07, 6.45) is 1.83. The molecule has 0 aliphatic rings. The first-order valence-electron chi connectivity index (χ1n) is 7.38. The van der Waals surface area contributed by atoms with Gasteiger partial charge in [0, 0.05) is 12.4 Å². The van der Waals surface area contributed by atoms with Crippen molar-refractivity contribution >= 4 is 23.2 Å². The molecule has 0 saturated heterocycles. The van der Waals surface area contributed by atoms with Gasteiger partial charge in [-0.3, -0.25) is 4.68 Å². The molecule has 2 nitrogen and oxygen atoms in total. The molecule has 1 atom stereocenters. The number of hydrogen-bond donors (Lipinski definition) is 0. The Hall–Kier alpha value is -0.990. The predicted molar refractivity (Wildman–Crippen MR) is 90.4 cm³/mol. The number of aryl methyl sites for hydroxylation is 3. The molecule has 1 aromatic carbocycles. The van der Waals surface area contributed by atoms with Crippen LogP contribution in [0.4, 0.5) is 0 Å². The molecule has 21 heavy (non-hydrogen) atoms. The van der Waals surface area contributed by atoms with Crippen LogP contribution < -0.4 is 0 Å². The first-order valence-corrected chi connectivity index (χ1v) is 8.29. The van der Waals surface area contributed by atoms with Gasteiger partial charge in [0.1, 0.15) is 0 Å². The summed E-state index contributed by atoms with van der Waals surface area (Å²) < 4.78 is 1.99. The first-order chi connectivity index (χ1) is 10.0. The molecule has 0 fully saturated rings. The van der Waals surface area contributed by atoms with Crippen molar-refractivity contribution in [1.29, 1.82) is 0 Å². The van der Waals surface area contributed by atoms with E-state index in [4.69, 9.17) is 23.2 Å². The second-order valence-corrected chi connectivity index (χ2v) is 6.26. The lowest BCUT2D eigenvalue weighted by atomic mass is 9.95. The number of rotatable bonds is 6. The average molecular weight is 325 g/mol.